The van der Waals surface area contributed by atoms with E-state index in [-0.39, 0.29) is 12.6 Å². The minimum absolute atomic E-state index is 0.145. The molecule has 4 nitrogen and oxygen atoms in total. The molecule has 1 aliphatic carbocycles. The smallest absolute Gasteiger partial charge is 0.231 e. The van der Waals surface area contributed by atoms with E-state index in [1.54, 1.807) is 0 Å². The van der Waals surface area contributed by atoms with Crippen molar-refractivity contribution in [2.75, 3.05) is 13.4 Å². The number of carbonyl (C=O) groups is 1. The zero-order chi connectivity index (χ0) is 28.5. The molecule has 2 aromatic carbocycles. The van der Waals surface area contributed by atoms with Crippen molar-refractivity contribution in [2.24, 2.45) is 0 Å². The summed E-state index contributed by atoms with van der Waals surface area (Å²) >= 11 is 0. The van der Waals surface area contributed by atoms with Crippen molar-refractivity contribution in [3.05, 3.63) is 64.7 Å². The van der Waals surface area contributed by atoms with Gasteiger partial charge in [-0.3, -0.25) is 4.79 Å². The number of allylic oxidation sites excluding steroid dienone is 2. The van der Waals surface area contributed by atoms with Gasteiger partial charge >= 0.3 is 0 Å². The van der Waals surface area contributed by atoms with E-state index in [1.807, 2.05) is 42.5 Å². The standard InChI is InChI=1S/C37H50O4/c1-2-3-4-5-6-7-8-9-10-11-12-13-14-15-25-39-34-22-19-30(20-23-34)26-32-17-16-18-33(37(32)38)27-31-21-24-35-36(28-31)41-29-40-35/h19-24,26-28H,2-18,25,29H2,1H3/b32-26-,33-27-. The number of hydrogen-bond donors (Lipinski definition) is 0. The van der Waals surface area contributed by atoms with Crippen LogP contribution in [0.25, 0.3) is 12.2 Å². The lowest BCUT2D eigenvalue weighted by Gasteiger charge is -2.17. The molecule has 2 aliphatic rings. The first-order valence-electron chi connectivity index (χ1n) is 16.3. The van der Waals surface area contributed by atoms with E-state index < -0.39 is 0 Å². The summed E-state index contributed by atoms with van der Waals surface area (Å²) in [6.07, 6.45) is 25.7. The Morgan fingerprint density at radius 1 is 0.659 bits per heavy atom. The van der Waals surface area contributed by atoms with Crippen LogP contribution in [0.3, 0.4) is 0 Å². The highest BCUT2D eigenvalue weighted by Gasteiger charge is 2.21. The molecule has 1 fully saturated rings. The second-order valence-corrected chi connectivity index (χ2v) is 11.6. The fourth-order valence-electron chi connectivity index (χ4n) is 5.73. The predicted molar refractivity (Wildman–Crippen MR) is 170 cm³/mol. The third-order valence-corrected chi connectivity index (χ3v) is 8.20. The van der Waals surface area contributed by atoms with Crippen LogP contribution in [-0.4, -0.2) is 19.2 Å². The van der Waals surface area contributed by atoms with Crippen LogP contribution in [-0.2, 0) is 4.79 Å². The number of unbranched alkanes of at least 4 members (excludes halogenated alkanes) is 13. The number of Topliss-reactive ketones (excluding diaryl/α,β-unsaturated/α-hetero) is 1. The van der Waals surface area contributed by atoms with E-state index in [2.05, 4.69) is 19.1 Å². The Labute approximate surface area is 248 Å². The Bertz CT molecular complexity index is 1130. The molecule has 41 heavy (non-hydrogen) atoms. The molecule has 4 rings (SSSR count). The van der Waals surface area contributed by atoms with E-state index >= 15 is 0 Å². The second kappa shape index (κ2) is 17.7. The van der Waals surface area contributed by atoms with Crippen molar-refractivity contribution in [1.82, 2.24) is 0 Å². The maximum Gasteiger partial charge on any atom is 0.231 e. The number of ketones is 1. The first-order chi connectivity index (χ1) is 20.2. The summed E-state index contributed by atoms with van der Waals surface area (Å²) in [5, 5.41) is 0. The third-order valence-electron chi connectivity index (χ3n) is 8.20. The molecular weight excluding hydrogens is 508 g/mol. The van der Waals surface area contributed by atoms with Gasteiger partial charge in [0.25, 0.3) is 0 Å². The first-order valence-corrected chi connectivity index (χ1v) is 16.3. The lowest BCUT2D eigenvalue weighted by atomic mass is 9.87. The molecule has 0 spiro atoms. The van der Waals surface area contributed by atoms with Crippen molar-refractivity contribution in [1.29, 1.82) is 0 Å². The lowest BCUT2D eigenvalue weighted by Crippen LogP contribution is -2.12. The number of fused-ring (bicyclic) bond motifs is 1. The number of hydrogen-bond acceptors (Lipinski definition) is 4. The average molecular weight is 559 g/mol. The van der Waals surface area contributed by atoms with Crippen LogP contribution in [0.1, 0.15) is 127 Å². The summed E-state index contributed by atoms with van der Waals surface area (Å²) in [4.78, 5) is 13.2. The van der Waals surface area contributed by atoms with E-state index in [0.29, 0.717) is 0 Å². The summed E-state index contributed by atoms with van der Waals surface area (Å²) < 4.78 is 16.9. The topological polar surface area (TPSA) is 44.8 Å². The quantitative estimate of drug-likeness (QED) is 0.135. The van der Waals surface area contributed by atoms with Gasteiger partial charge < -0.3 is 14.2 Å². The van der Waals surface area contributed by atoms with Crippen LogP contribution in [0.2, 0.25) is 0 Å². The minimum Gasteiger partial charge on any atom is -0.494 e. The first kappa shape index (κ1) is 30.9. The van der Waals surface area contributed by atoms with Crippen LogP contribution >= 0.6 is 0 Å². The zero-order valence-corrected chi connectivity index (χ0v) is 25.3. The summed E-state index contributed by atoms with van der Waals surface area (Å²) in [7, 11) is 0. The van der Waals surface area contributed by atoms with Crippen LogP contribution in [0, 0.1) is 0 Å². The summed E-state index contributed by atoms with van der Waals surface area (Å²) in [6, 6.07) is 14.0. The summed E-state index contributed by atoms with van der Waals surface area (Å²) in [5.74, 6) is 2.55. The van der Waals surface area contributed by atoms with Crippen molar-refractivity contribution in [2.45, 2.75) is 116 Å². The normalized spacial score (nSPS) is 16.6. The van der Waals surface area contributed by atoms with Gasteiger partial charge in [-0.1, -0.05) is 109 Å². The van der Waals surface area contributed by atoms with Crippen molar-refractivity contribution < 1.29 is 19.0 Å². The molecule has 1 aliphatic heterocycles. The Balaban J connectivity index is 1.10. The molecule has 0 aromatic heterocycles. The van der Waals surface area contributed by atoms with Crippen LogP contribution in [0.15, 0.2) is 53.6 Å². The maximum atomic E-state index is 13.2. The number of benzene rings is 2. The zero-order valence-electron chi connectivity index (χ0n) is 25.3. The van der Waals surface area contributed by atoms with Gasteiger partial charge in [-0.05, 0) is 73.2 Å². The Kier molecular flexibility index (Phi) is 13.4. The van der Waals surface area contributed by atoms with Crippen molar-refractivity contribution in [3.8, 4) is 17.2 Å². The molecule has 0 N–H and O–H groups in total. The van der Waals surface area contributed by atoms with Gasteiger partial charge in [0.05, 0.1) is 6.61 Å². The highest BCUT2D eigenvalue weighted by molar-refractivity contribution is 6.14. The van der Waals surface area contributed by atoms with Gasteiger partial charge in [0.1, 0.15) is 5.75 Å². The fraction of sp³-hybridized carbons (Fsp3) is 0.541. The van der Waals surface area contributed by atoms with Gasteiger partial charge in [0.2, 0.25) is 6.79 Å². The monoisotopic (exact) mass is 558 g/mol. The van der Waals surface area contributed by atoms with E-state index in [1.165, 1.54) is 83.5 Å². The predicted octanol–water partition coefficient (Wildman–Crippen LogP) is 10.5. The molecule has 1 heterocycles. The van der Waals surface area contributed by atoms with Crippen LogP contribution < -0.4 is 14.2 Å². The van der Waals surface area contributed by atoms with Crippen LogP contribution in [0.5, 0.6) is 17.2 Å². The maximum absolute atomic E-state index is 13.2. The largest absolute Gasteiger partial charge is 0.494 e. The molecule has 2 aromatic rings. The summed E-state index contributed by atoms with van der Waals surface area (Å²) in [5.41, 5.74) is 3.74. The van der Waals surface area contributed by atoms with E-state index in [9.17, 15) is 4.79 Å². The molecule has 0 atom stereocenters. The Morgan fingerprint density at radius 2 is 1.20 bits per heavy atom. The number of carbonyl (C=O) groups excluding carboxylic acids is 1. The molecular formula is C37H50O4. The molecule has 1 saturated carbocycles. The molecule has 4 heteroatoms. The van der Waals surface area contributed by atoms with Gasteiger partial charge in [-0.2, -0.15) is 0 Å². The van der Waals surface area contributed by atoms with E-state index in [4.69, 9.17) is 14.2 Å². The Morgan fingerprint density at radius 3 is 1.83 bits per heavy atom. The lowest BCUT2D eigenvalue weighted by molar-refractivity contribution is -0.112. The second-order valence-electron chi connectivity index (χ2n) is 11.6. The molecule has 0 amide bonds. The number of ether oxygens (including phenoxy) is 3. The Hall–Kier alpha value is -3.01. The van der Waals surface area contributed by atoms with Gasteiger partial charge in [0, 0.05) is 11.1 Å². The molecule has 0 saturated heterocycles. The molecule has 0 bridgehead atoms. The highest BCUT2D eigenvalue weighted by atomic mass is 16.7. The number of rotatable bonds is 18. The van der Waals surface area contributed by atoms with Crippen LogP contribution in [0.4, 0.5) is 0 Å². The van der Waals surface area contributed by atoms with Gasteiger partial charge in [-0.25, -0.2) is 0 Å². The highest BCUT2D eigenvalue weighted by Crippen LogP contribution is 2.34. The average Bonchev–Trinajstić information content (AvgIpc) is 3.46. The molecule has 0 unspecified atom stereocenters. The van der Waals surface area contributed by atoms with Crippen molar-refractivity contribution in [3.63, 3.8) is 0 Å². The van der Waals surface area contributed by atoms with Gasteiger partial charge in [-0.15, -0.1) is 0 Å². The van der Waals surface area contributed by atoms with Crippen molar-refractivity contribution >= 4 is 17.9 Å². The van der Waals surface area contributed by atoms with Gasteiger partial charge in [0.15, 0.2) is 17.3 Å². The van der Waals surface area contributed by atoms with E-state index in [0.717, 1.165) is 71.8 Å². The molecule has 222 valence electrons. The SMILES string of the molecule is CCCCCCCCCCCCCCCCOc1ccc(/C=C2/CCC/C(=C/c3ccc4c(c3)OCO4)C2=O)cc1. The third kappa shape index (κ3) is 10.7. The molecule has 0 radical (unpaired) electrons. The summed E-state index contributed by atoms with van der Waals surface area (Å²) in [6.45, 7) is 3.31. The fourth-order valence-corrected chi connectivity index (χ4v) is 5.73. The minimum atomic E-state index is 0.145.